The Balaban J connectivity index is 2.43. The predicted molar refractivity (Wildman–Crippen MR) is 92.0 cm³/mol. The normalized spacial score (nSPS) is 12.8. The van der Waals surface area contributed by atoms with Gasteiger partial charge in [-0.3, -0.25) is 9.36 Å². The Kier molecular flexibility index (Phi) is 4.12. The molecule has 0 fully saturated rings. The Morgan fingerprint density at radius 2 is 1.87 bits per heavy atom. The molecule has 0 aliphatic heterocycles. The number of halogens is 1. The zero-order valence-electron chi connectivity index (χ0n) is 12.5. The Morgan fingerprint density at radius 1 is 1.13 bits per heavy atom. The van der Waals surface area contributed by atoms with Crippen molar-refractivity contribution in [3.8, 4) is 5.69 Å². The first kappa shape index (κ1) is 15.2. The third-order valence-electron chi connectivity index (χ3n) is 3.71. The van der Waals surface area contributed by atoms with Gasteiger partial charge in [0.25, 0.3) is 5.56 Å². The quantitative estimate of drug-likeness (QED) is 0.448. The van der Waals surface area contributed by atoms with E-state index < -0.39 is 0 Å². The number of nitrogens with two attached hydrogens (primary N) is 1. The smallest absolute Gasteiger partial charge is 0.264 e. The summed E-state index contributed by atoms with van der Waals surface area (Å²) in [6.45, 7) is 1.83. The number of pyridine rings is 1. The minimum Gasteiger partial charge on any atom is -0.305 e. The van der Waals surface area contributed by atoms with Gasteiger partial charge in [0.2, 0.25) is 0 Å². The van der Waals surface area contributed by atoms with Gasteiger partial charge < -0.3 is 5.84 Å². The Hall–Kier alpha value is -2.66. The summed E-state index contributed by atoms with van der Waals surface area (Å²) in [5.41, 5.74) is 1.26. The molecular formula is C17H15ClN4O. The first-order valence-corrected chi connectivity index (χ1v) is 7.51. The van der Waals surface area contributed by atoms with Gasteiger partial charge in [-0.25, -0.2) is 0 Å². The zero-order valence-corrected chi connectivity index (χ0v) is 13.2. The molecule has 2 aromatic carbocycles. The van der Waals surface area contributed by atoms with Crippen LogP contribution in [-0.4, -0.2) is 4.57 Å². The Bertz CT molecular complexity index is 934. The summed E-state index contributed by atoms with van der Waals surface area (Å²) in [6, 6.07) is 16.3. The minimum absolute atomic E-state index is 0.187. The van der Waals surface area contributed by atoms with Crippen molar-refractivity contribution in [2.45, 2.75) is 13.0 Å². The van der Waals surface area contributed by atoms with E-state index in [-0.39, 0.29) is 11.6 Å². The van der Waals surface area contributed by atoms with Gasteiger partial charge in [0.15, 0.2) is 0 Å². The summed E-state index contributed by atoms with van der Waals surface area (Å²) in [4.78, 5) is 13.1. The van der Waals surface area contributed by atoms with Gasteiger partial charge in [-0.1, -0.05) is 47.2 Å². The molecule has 0 amide bonds. The fourth-order valence-corrected chi connectivity index (χ4v) is 2.91. The van der Waals surface area contributed by atoms with Crippen molar-refractivity contribution in [3.05, 3.63) is 75.7 Å². The van der Waals surface area contributed by atoms with Crippen LogP contribution in [0.25, 0.3) is 16.5 Å². The van der Waals surface area contributed by atoms with Crippen LogP contribution in [0.15, 0.2) is 69.7 Å². The van der Waals surface area contributed by atoms with Crippen LogP contribution in [0, 0.1) is 0 Å². The van der Waals surface area contributed by atoms with Crippen molar-refractivity contribution in [2.75, 3.05) is 0 Å². The summed E-state index contributed by atoms with van der Waals surface area (Å²) in [5, 5.41) is 9.00. The monoisotopic (exact) mass is 326 g/mol. The standard InChI is InChI=1S/C17H15ClN4O/c1-11(20-21-19)15-10-12-6-5-9-14(18)16(12)17(23)22(15)13-7-3-2-4-8-13/h2-11H,1H3,(H2,19,20)/t11-/m0/s1. The van der Waals surface area contributed by atoms with Crippen LogP contribution < -0.4 is 11.4 Å². The number of hydrogen-bond donors (Lipinski definition) is 1. The molecule has 1 heterocycles. The van der Waals surface area contributed by atoms with Gasteiger partial charge >= 0.3 is 0 Å². The third-order valence-corrected chi connectivity index (χ3v) is 4.02. The molecule has 2 N–H and O–H groups in total. The highest BCUT2D eigenvalue weighted by molar-refractivity contribution is 6.35. The van der Waals surface area contributed by atoms with Gasteiger partial charge in [0.05, 0.1) is 16.1 Å². The van der Waals surface area contributed by atoms with Crippen molar-refractivity contribution in [3.63, 3.8) is 0 Å². The lowest BCUT2D eigenvalue weighted by atomic mass is 10.1. The van der Waals surface area contributed by atoms with Crippen LogP contribution in [0.3, 0.4) is 0 Å². The zero-order chi connectivity index (χ0) is 16.4. The van der Waals surface area contributed by atoms with Crippen molar-refractivity contribution in [1.82, 2.24) is 4.57 Å². The molecule has 6 heteroatoms. The third kappa shape index (κ3) is 2.71. The van der Waals surface area contributed by atoms with Crippen molar-refractivity contribution >= 4 is 22.4 Å². The number of fused-ring (bicyclic) bond motifs is 1. The summed E-state index contributed by atoms with van der Waals surface area (Å²) in [7, 11) is 0. The van der Waals surface area contributed by atoms with Crippen LogP contribution >= 0.6 is 11.6 Å². The Morgan fingerprint density at radius 3 is 2.57 bits per heavy atom. The molecule has 0 saturated carbocycles. The average Bonchev–Trinajstić information content (AvgIpc) is 2.55. The second kappa shape index (κ2) is 6.22. The average molecular weight is 327 g/mol. The molecule has 0 aliphatic rings. The van der Waals surface area contributed by atoms with E-state index in [1.54, 1.807) is 10.6 Å². The van der Waals surface area contributed by atoms with E-state index in [0.717, 1.165) is 11.1 Å². The van der Waals surface area contributed by atoms with E-state index in [9.17, 15) is 4.79 Å². The lowest BCUT2D eigenvalue weighted by molar-refractivity contribution is 0.683. The molecule has 0 saturated heterocycles. The van der Waals surface area contributed by atoms with Gasteiger partial charge in [0, 0.05) is 5.69 Å². The van der Waals surface area contributed by atoms with Crippen LogP contribution in [0.5, 0.6) is 0 Å². The molecule has 0 radical (unpaired) electrons. The van der Waals surface area contributed by atoms with Crippen LogP contribution in [0.2, 0.25) is 5.02 Å². The number of nitrogens with zero attached hydrogens (tertiary/aromatic N) is 3. The number of hydrogen-bond acceptors (Lipinski definition) is 3. The highest BCUT2D eigenvalue weighted by Crippen LogP contribution is 2.26. The maximum Gasteiger partial charge on any atom is 0.264 e. The molecule has 0 spiro atoms. The second-order valence-corrected chi connectivity index (χ2v) is 5.56. The van der Waals surface area contributed by atoms with Crippen LogP contribution in [0.1, 0.15) is 18.7 Å². The van der Waals surface area contributed by atoms with E-state index in [1.165, 1.54) is 0 Å². The second-order valence-electron chi connectivity index (χ2n) is 5.16. The van der Waals surface area contributed by atoms with Gasteiger partial charge in [-0.15, -0.1) is 0 Å². The number of para-hydroxylation sites is 1. The van der Waals surface area contributed by atoms with Crippen LogP contribution in [-0.2, 0) is 0 Å². The largest absolute Gasteiger partial charge is 0.305 e. The number of benzene rings is 2. The summed E-state index contributed by atoms with van der Waals surface area (Å²) in [6.07, 6.45) is 0. The molecule has 3 aromatic rings. The fraction of sp³-hybridized carbons (Fsp3) is 0.118. The van der Waals surface area contributed by atoms with E-state index in [2.05, 4.69) is 10.3 Å². The summed E-state index contributed by atoms with van der Waals surface area (Å²) >= 11 is 6.24. The highest BCUT2D eigenvalue weighted by atomic mass is 35.5. The molecule has 23 heavy (non-hydrogen) atoms. The lowest BCUT2D eigenvalue weighted by Crippen LogP contribution is -2.23. The molecule has 0 unspecified atom stereocenters. The van der Waals surface area contributed by atoms with E-state index in [0.29, 0.717) is 16.1 Å². The topological polar surface area (TPSA) is 72.7 Å². The van der Waals surface area contributed by atoms with Crippen molar-refractivity contribution < 1.29 is 0 Å². The fourth-order valence-electron chi connectivity index (χ4n) is 2.65. The van der Waals surface area contributed by atoms with Crippen molar-refractivity contribution in [1.29, 1.82) is 0 Å². The molecule has 3 rings (SSSR count). The molecule has 0 aliphatic carbocycles. The molecule has 1 atom stereocenters. The molecule has 5 nitrogen and oxygen atoms in total. The first-order chi connectivity index (χ1) is 11.1. The minimum atomic E-state index is -0.365. The molecular weight excluding hydrogens is 312 g/mol. The van der Waals surface area contributed by atoms with E-state index in [4.69, 9.17) is 17.4 Å². The van der Waals surface area contributed by atoms with Gasteiger partial charge in [-0.2, -0.15) is 5.11 Å². The molecule has 116 valence electrons. The summed E-state index contributed by atoms with van der Waals surface area (Å²) in [5.74, 6) is 5.18. The highest BCUT2D eigenvalue weighted by Gasteiger charge is 2.17. The molecule has 1 aromatic heterocycles. The van der Waals surface area contributed by atoms with Gasteiger partial charge in [-0.05, 0) is 36.6 Å². The first-order valence-electron chi connectivity index (χ1n) is 7.13. The van der Waals surface area contributed by atoms with Gasteiger partial charge in [0.1, 0.15) is 6.04 Å². The SMILES string of the molecule is C[C@H](N=NN)c1cc2cccc(Cl)c2c(=O)n1-c1ccccc1. The summed E-state index contributed by atoms with van der Waals surface area (Å²) < 4.78 is 1.60. The van der Waals surface area contributed by atoms with E-state index in [1.807, 2.05) is 55.5 Å². The predicted octanol–water partition coefficient (Wildman–Crippen LogP) is 4.03. The number of rotatable bonds is 3. The Labute approximate surface area is 138 Å². The lowest BCUT2D eigenvalue weighted by Gasteiger charge is -2.17. The maximum atomic E-state index is 13.1. The molecule has 0 bridgehead atoms. The van der Waals surface area contributed by atoms with Crippen molar-refractivity contribution in [2.24, 2.45) is 16.2 Å². The van der Waals surface area contributed by atoms with E-state index >= 15 is 0 Å². The van der Waals surface area contributed by atoms with Crippen LogP contribution in [0.4, 0.5) is 0 Å². The maximum absolute atomic E-state index is 13.1. The number of aromatic nitrogens is 1.